The Balaban J connectivity index is 1.98. The number of amides is 1. The summed E-state index contributed by atoms with van der Waals surface area (Å²) in [7, 11) is 4.09. The Hall–Kier alpha value is -2.64. The molecule has 0 saturated carbocycles. The third kappa shape index (κ3) is 5.22. The number of aryl methyl sites for hydroxylation is 1. The fourth-order valence-electron chi connectivity index (χ4n) is 3.81. The van der Waals surface area contributed by atoms with Crippen LogP contribution in [0, 0.1) is 12.8 Å². The Labute approximate surface area is 194 Å². The third-order valence-corrected chi connectivity index (χ3v) is 6.35. The second kappa shape index (κ2) is 10.3. The number of nitrogens with one attached hydrogen (secondary N) is 1. The molecule has 32 heavy (non-hydrogen) atoms. The van der Waals surface area contributed by atoms with Gasteiger partial charge in [-0.15, -0.1) is 11.3 Å². The molecule has 1 aromatic carbocycles. The van der Waals surface area contributed by atoms with E-state index in [1.54, 1.807) is 23.1 Å². The topological polar surface area (TPSA) is 74.1 Å². The van der Waals surface area contributed by atoms with Gasteiger partial charge in [-0.1, -0.05) is 31.7 Å². The molecule has 1 aromatic heterocycles. The summed E-state index contributed by atoms with van der Waals surface area (Å²) >= 11 is 1.45. The zero-order chi connectivity index (χ0) is 23.4. The van der Waals surface area contributed by atoms with Gasteiger partial charge < -0.3 is 19.6 Å². The number of carbonyl (C=O) groups excluding carboxylic acids is 2. The Morgan fingerprint density at radius 1 is 1.25 bits per heavy atom. The van der Waals surface area contributed by atoms with Crippen molar-refractivity contribution in [2.24, 2.45) is 5.92 Å². The number of Topliss-reactive ketones (excluding diaryl/α,β-unsaturated/α-hetero) is 1. The lowest BCUT2D eigenvalue weighted by Gasteiger charge is -2.26. The molecule has 6 nitrogen and oxygen atoms in total. The van der Waals surface area contributed by atoms with Crippen molar-refractivity contribution >= 4 is 28.8 Å². The zero-order valence-electron chi connectivity index (χ0n) is 19.4. The van der Waals surface area contributed by atoms with E-state index in [4.69, 9.17) is 4.74 Å². The Morgan fingerprint density at radius 3 is 2.59 bits per heavy atom. The minimum Gasteiger partial charge on any atom is -0.872 e. The first-order chi connectivity index (χ1) is 15.2. The van der Waals surface area contributed by atoms with E-state index in [1.165, 1.54) is 16.2 Å². The smallest absolute Gasteiger partial charge is 0.295 e. The molecule has 3 rings (SSSR count). The van der Waals surface area contributed by atoms with E-state index >= 15 is 0 Å². The van der Waals surface area contributed by atoms with Crippen molar-refractivity contribution in [3.63, 3.8) is 0 Å². The van der Waals surface area contributed by atoms with Gasteiger partial charge in [0.1, 0.15) is 5.75 Å². The van der Waals surface area contributed by atoms with Crippen molar-refractivity contribution in [2.75, 3.05) is 33.8 Å². The van der Waals surface area contributed by atoms with Gasteiger partial charge in [-0.2, -0.15) is 0 Å². The van der Waals surface area contributed by atoms with Crippen LogP contribution in [0.15, 0.2) is 41.3 Å². The second-order valence-electron chi connectivity index (χ2n) is 8.98. The van der Waals surface area contributed by atoms with Crippen molar-refractivity contribution in [1.82, 2.24) is 4.90 Å². The summed E-state index contributed by atoms with van der Waals surface area (Å²) in [4.78, 5) is 29.5. The number of ketones is 1. The van der Waals surface area contributed by atoms with Gasteiger partial charge in [0.2, 0.25) is 5.78 Å². The van der Waals surface area contributed by atoms with Gasteiger partial charge in [0.05, 0.1) is 33.3 Å². The molecule has 1 aliphatic heterocycles. The highest BCUT2D eigenvalue weighted by atomic mass is 32.1. The molecule has 0 aliphatic carbocycles. The van der Waals surface area contributed by atoms with Crippen molar-refractivity contribution < 1.29 is 24.3 Å². The Morgan fingerprint density at radius 2 is 2.00 bits per heavy atom. The number of carbonyl (C=O) groups is 2. The van der Waals surface area contributed by atoms with Crippen LogP contribution in [0.5, 0.6) is 5.75 Å². The maximum Gasteiger partial charge on any atom is 0.295 e. The molecule has 1 saturated heterocycles. The Kier molecular flexibility index (Phi) is 7.74. The summed E-state index contributed by atoms with van der Waals surface area (Å²) in [5.41, 5.74) is 1.27. The molecule has 0 spiro atoms. The first kappa shape index (κ1) is 24.0. The average Bonchev–Trinajstić information content (AvgIpc) is 3.34. The molecule has 1 fully saturated rings. The predicted octanol–water partition coefficient (Wildman–Crippen LogP) is 1.85. The van der Waals surface area contributed by atoms with E-state index in [0.717, 1.165) is 29.2 Å². The first-order valence-corrected chi connectivity index (χ1v) is 11.9. The number of hydrogen-bond donors (Lipinski definition) is 1. The number of hydrogen-bond acceptors (Lipinski definition) is 5. The van der Waals surface area contributed by atoms with Crippen LogP contribution in [0.4, 0.5) is 0 Å². The van der Waals surface area contributed by atoms with Crippen LogP contribution in [0.1, 0.15) is 42.3 Å². The summed E-state index contributed by atoms with van der Waals surface area (Å²) in [5, 5.41) is 15.4. The van der Waals surface area contributed by atoms with Gasteiger partial charge in [0, 0.05) is 23.4 Å². The molecule has 1 aliphatic rings. The lowest BCUT2D eigenvalue weighted by Crippen LogP contribution is -3.05. The van der Waals surface area contributed by atoms with Crippen LogP contribution >= 0.6 is 11.3 Å². The number of thiophene rings is 1. The number of benzene rings is 1. The molecule has 1 N–H and O–H groups in total. The summed E-state index contributed by atoms with van der Waals surface area (Å²) < 4.78 is 5.81. The molecule has 0 bridgehead atoms. The maximum atomic E-state index is 13.5. The van der Waals surface area contributed by atoms with Crippen LogP contribution in [0.2, 0.25) is 0 Å². The molecular formula is C25H32N2O4S. The molecule has 1 amide bonds. The summed E-state index contributed by atoms with van der Waals surface area (Å²) in [6, 6.07) is 8.32. The lowest BCUT2D eigenvalue weighted by atomic mass is 9.98. The summed E-state index contributed by atoms with van der Waals surface area (Å²) in [6.45, 7) is 7.92. The normalized spacial score (nSPS) is 18.2. The number of likely N-dealkylation sites (tertiary alicyclic amines) is 1. The molecule has 1 atom stereocenters. The van der Waals surface area contributed by atoms with E-state index in [2.05, 4.69) is 13.8 Å². The predicted molar refractivity (Wildman–Crippen MR) is 125 cm³/mol. The molecule has 0 radical (unpaired) electrons. The molecular weight excluding hydrogens is 424 g/mol. The van der Waals surface area contributed by atoms with Gasteiger partial charge in [-0.05, 0) is 47.5 Å². The van der Waals surface area contributed by atoms with Crippen molar-refractivity contribution in [1.29, 1.82) is 0 Å². The quantitative estimate of drug-likeness (QED) is 0.355. The highest BCUT2D eigenvalue weighted by Crippen LogP contribution is 2.40. The van der Waals surface area contributed by atoms with Gasteiger partial charge in [0.15, 0.2) is 0 Å². The second-order valence-corrected chi connectivity index (χ2v) is 9.96. The fourth-order valence-corrected chi connectivity index (χ4v) is 4.66. The third-order valence-electron chi connectivity index (χ3n) is 5.43. The Bertz CT molecular complexity index is 995. The standard InChI is InChI=1S/C25H32N2O4S/c1-16(2)15-31-19-10-9-18(14-17(19)3)23(28)21-22(20-8-6-13-32-20)27(25(30)24(21)29)12-7-11-26(4)5/h6,8-10,13-14,16,22,28H,7,11-12,15H2,1-5H3/b23-21+. The average molecular weight is 457 g/mol. The van der Waals surface area contributed by atoms with Crippen molar-refractivity contribution in [2.45, 2.75) is 33.2 Å². The lowest BCUT2D eigenvalue weighted by molar-refractivity contribution is -0.858. The van der Waals surface area contributed by atoms with E-state index < -0.39 is 17.7 Å². The largest absolute Gasteiger partial charge is 0.872 e. The monoisotopic (exact) mass is 456 g/mol. The van der Waals surface area contributed by atoms with Crippen LogP contribution in [0.25, 0.3) is 5.76 Å². The number of nitrogens with zero attached hydrogens (tertiary/aromatic N) is 1. The fraction of sp³-hybridized carbons (Fsp3) is 0.440. The van der Waals surface area contributed by atoms with Gasteiger partial charge in [0.25, 0.3) is 5.91 Å². The highest BCUT2D eigenvalue weighted by molar-refractivity contribution is 7.10. The van der Waals surface area contributed by atoms with E-state index in [1.807, 2.05) is 38.5 Å². The van der Waals surface area contributed by atoms with Crippen molar-refractivity contribution in [3.8, 4) is 5.75 Å². The number of quaternary nitrogens is 1. The van der Waals surface area contributed by atoms with Crippen LogP contribution in [0.3, 0.4) is 0 Å². The number of rotatable bonds is 9. The minimum atomic E-state index is -0.691. The first-order valence-electron chi connectivity index (χ1n) is 11.0. The summed E-state index contributed by atoms with van der Waals surface area (Å²) in [5.74, 6) is -0.560. The van der Waals surface area contributed by atoms with Crippen molar-refractivity contribution in [3.05, 3.63) is 57.3 Å². The van der Waals surface area contributed by atoms with Gasteiger partial charge in [-0.25, -0.2) is 0 Å². The highest BCUT2D eigenvalue weighted by Gasteiger charge is 2.44. The summed E-state index contributed by atoms with van der Waals surface area (Å²) in [6.07, 6.45) is 0.756. The molecule has 1 unspecified atom stereocenters. The molecule has 7 heteroatoms. The van der Waals surface area contributed by atoms with E-state index in [9.17, 15) is 14.7 Å². The van der Waals surface area contributed by atoms with E-state index in [-0.39, 0.29) is 11.3 Å². The maximum absolute atomic E-state index is 13.5. The van der Waals surface area contributed by atoms with Gasteiger partial charge >= 0.3 is 0 Å². The number of ether oxygens (including phenoxy) is 1. The SMILES string of the molecule is Cc1cc(/C([O-])=C2\C(=O)C(=O)N(CCC[NH+](C)C)C2c2cccs2)ccc1OCC(C)C. The van der Waals surface area contributed by atoms with Gasteiger partial charge in [-0.3, -0.25) is 9.59 Å². The van der Waals surface area contributed by atoms with Crippen LogP contribution in [-0.4, -0.2) is 50.4 Å². The molecule has 2 aromatic rings. The molecule has 2 heterocycles. The van der Waals surface area contributed by atoms with Crippen LogP contribution in [-0.2, 0) is 9.59 Å². The molecule has 172 valence electrons. The van der Waals surface area contributed by atoms with Crippen LogP contribution < -0.4 is 14.7 Å². The van der Waals surface area contributed by atoms with E-state index in [0.29, 0.717) is 24.6 Å². The zero-order valence-corrected chi connectivity index (χ0v) is 20.3. The minimum absolute atomic E-state index is 0.0462.